The summed E-state index contributed by atoms with van der Waals surface area (Å²) in [5.74, 6) is 0.468. The summed E-state index contributed by atoms with van der Waals surface area (Å²) >= 11 is 0. The lowest BCUT2D eigenvalue weighted by Gasteiger charge is -2.45. The second-order valence-electron chi connectivity index (χ2n) is 8.74. The number of piperidine rings is 1. The summed E-state index contributed by atoms with van der Waals surface area (Å²) in [5, 5.41) is 0. The molecule has 0 N–H and O–H groups in total. The maximum absolute atomic E-state index is 13.4. The van der Waals surface area contributed by atoms with Crippen molar-refractivity contribution in [3.63, 3.8) is 0 Å². The number of hydrogen-bond acceptors (Lipinski definition) is 0. The van der Waals surface area contributed by atoms with E-state index in [2.05, 4.69) is 14.1 Å². The smallest absolute Gasteiger partial charge is 0.123 e. The monoisotopic (exact) mass is 356 g/mol. The first kappa shape index (κ1) is 17.7. The molecule has 2 fully saturated rings. The summed E-state index contributed by atoms with van der Waals surface area (Å²) in [6, 6.07) is 15.2. The van der Waals surface area contributed by atoms with Crippen molar-refractivity contribution in [2.75, 3.05) is 14.1 Å². The van der Waals surface area contributed by atoms with E-state index in [1.54, 1.807) is 0 Å². The molecule has 0 amide bonds. The van der Waals surface area contributed by atoms with Crippen LogP contribution in [-0.2, 0) is 0 Å². The number of quaternary nitrogens is 1. The summed E-state index contributed by atoms with van der Waals surface area (Å²) in [7, 11) is 4.77. The Morgan fingerprint density at radius 1 is 0.808 bits per heavy atom. The minimum atomic E-state index is -0.207. The first-order valence-corrected chi connectivity index (χ1v) is 9.77. The van der Waals surface area contributed by atoms with Crippen molar-refractivity contribution in [1.82, 2.24) is 0 Å². The van der Waals surface area contributed by atoms with Crippen LogP contribution in [0, 0.1) is 17.6 Å². The van der Waals surface area contributed by atoms with Crippen LogP contribution in [0.4, 0.5) is 8.78 Å². The summed E-state index contributed by atoms with van der Waals surface area (Å²) < 4.78 is 28.0. The molecule has 0 spiro atoms. The molecule has 26 heavy (non-hydrogen) atoms. The zero-order valence-electron chi connectivity index (χ0n) is 15.7. The van der Waals surface area contributed by atoms with Crippen LogP contribution in [0.25, 0.3) is 0 Å². The molecule has 2 bridgehead atoms. The highest BCUT2D eigenvalue weighted by molar-refractivity contribution is 5.33. The number of rotatable bonds is 4. The maximum atomic E-state index is 13.4. The van der Waals surface area contributed by atoms with Crippen molar-refractivity contribution in [2.24, 2.45) is 5.92 Å². The molecule has 2 heterocycles. The molecule has 2 saturated heterocycles. The van der Waals surface area contributed by atoms with E-state index in [-0.39, 0.29) is 17.6 Å². The lowest BCUT2D eigenvalue weighted by Crippen LogP contribution is -2.54. The largest absolute Gasteiger partial charge is 0.324 e. The first-order chi connectivity index (χ1) is 12.4. The number of halogens is 2. The van der Waals surface area contributed by atoms with Crippen LogP contribution in [0.5, 0.6) is 0 Å². The molecule has 3 heteroatoms. The molecule has 0 radical (unpaired) electrons. The zero-order chi connectivity index (χ0) is 18.3. The van der Waals surface area contributed by atoms with Gasteiger partial charge in [0.15, 0.2) is 0 Å². The minimum absolute atomic E-state index is 0.203. The van der Waals surface area contributed by atoms with Crippen LogP contribution in [0.15, 0.2) is 48.5 Å². The third kappa shape index (κ3) is 3.29. The number of benzene rings is 2. The van der Waals surface area contributed by atoms with Crippen molar-refractivity contribution in [3.05, 3.63) is 71.3 Å². The van der Waals surface area contributed by atoms with E-state index >= 15 is 0 Å². The average molecular weight is 356 g/mol. The Bertz CT molecular complexity index is 689. The van der Waals surface area contributed by atoms with Gasteiger partial charge >= 0.3 is 0 Å². The Hall–Kier alpha value is -1.74. The number of nitrogens with zero attached hydrogens (tertiary/aromatic N) is 1. The second kappa shape index (κ2) is 6.77. The lowest BCUT2D eigenvalue weighted by molar-refractivity contribution is -0.931. The van der Waals surface area contributed by atoms with Crippen LogP contribution < -0.4 is 0 Å². The molecule has 2 aliphatic heterocycles. The fraction of sp³-hybridized carbons (Fsp3) is 0.478. The van der Waals surface area contributed by atoms with Gasteiger partial charge in [0.2, 0.25) is 0 Å². The molecular formula is C23H28F2N+. The summed E-state index contributed by atoms with van der Waals surface area (Å²) in [6.07, 6.45) is 6.27. The molecule has 0 unspecified atom stereocenters. The Morgan fingerprint density at radius 3 is 1.65 bits per heavy atom. The van der Waals surface area contributed by atoms with Crippen LogP contribution in [0.1, 0.15) is 49.1 Å². The van der Waals surface area contributed by atoms with E-state index in [1.165, 1.54) is 54.4 Å². The third-order valence-corrected chi connectivity index (χ3v) is 7.04. The SMILES string of the molecule is C[N+]1(C)[C@H]2CC[C@H]1CC(CC(c1ccc(F)cc1)c1ccc(F)cc1)C2. The highest BCUT2D eigenvalue weighted by atomic mass is 19.1. The van der Waals surface area contributed by atoms with Gasteiger partial charge in [-0.15, -0.1) is 0 Å². The highest BCUT2D eigenvalue weighted by Crippen LogP contribution is 2.45. The van der Waals surface area contributed by atoms with Gasteiger partial charge in [0.05, 0.1) is 26.2 Å². The molecule has 2 aromatic carbocycles. The average Bonchev–Trinajstić information content (AvgIpc) is 2.78. The Balaban J connectivity index is 1.59. The number of hydrogen-bond donors (Lipinski definition) is 0. The molecule has 0 saturated carbocycles. The van der Waals surface area contributed by atoms with Gasteiger partial charge in [-0.05, 0) is 47.7 Å². The van der Waals surface area contributed by atoms with Gasteiger partial charge in [0, 0.05) is 31.6 Å². The molecule has 138 valence electrons. The van der Waals surface area contributed by atoms with E-state index in [0.717, 1.165) is 29.6 Å². The molecule has 2 aliphatic rings. The van der Waals surface area contributed by atoms with Crippen molar-refractivity contribution >= 4 is 0 Å². The predicted octanol–water partition coefficient (Wildman–Crippen LogP) is 5.50. The van der Waals surface area contributed by atoms with Gasteiger partial charge in [-0.1, -0.05) is 24.3 Å². The highest BCUT2D eigenvalue weighted by Gasteiger charge is 2.48. The molecular weight excluding hydrogens is 328 g/mol. The summed E-state index contributed by atoms with van der Waals surface area (Å²) in [4.78, 5) is 0. The molecule has 1 nitrogen and oxygen atoms in total. The Labute approximate surface area is 155 Å². The van der Waals surface area contributed by atoms with Crippen LogP contribution >= 0.6 is 0 Å². The van der Waals surface area contributed by atoms with Gasteiger partial charge in [-0.25, -0.2) is 8.78 Å². The minimum Gasteiger partial charge on any atom is -0.324 e. The standard InChI is InChI=1S/C23H28F2N/c1-26(2)21-11-12-22(26)14-16(13-21)15-23(17-3-7-19(24)8-4-17)18-5-9-20(25)10-6-18/h3-10,16,21-23H,11-15H2,1-2H3/q+1/t21-,22-/m0/s1. The first-order valence-electron chi connectivity index (χ1n) is 9.77. The number of fused-ring (bicyclic) bond motifs is 2. The van der Waals surface area contributed by atoms with Crippen LogP contribution in [0.3, 0.4) is 0 Å². The van der Waals surface area contributed by atoms with Gasteiger partial charge in [0.25, 0.3) is 0 Å². The van der Waals surface area contributed by atoms with E-state index in [9.17, 15) is 8.78 Å². The zero-order valence-corrected chi connectivity index (χ0v) is 15.7. The van der Waals surface area contributed by atoms with Crippen molar-refractivity contribution in [1.29, 1.82) is 0 Å². The van der Waals surface area contributed by atoms with Gasteiger partial charge in [-0.3, -0.25) is 0 Å². The van der Waals surface area contributed by atoms with Gasteiger partial charge < -0.3 is 4.48 Å². The lowest BCUT2D eigenvalue weighted by atomic mass is 9.78. The van der Waals surface area contributed by atoms with Gasteiger partial charge in [0.1, 0.15) is 11.6 Å². The summed E-state index contributed by atoms with van der Waals surface area (Å²) in [5.41, 5.74) is 2.26. The van der Waals surface area contributed by atoms with Crippen LogP contribution in [0.2, 0.25) is 0 Å². The topological polar surface area (TPSA) is 0 Å². The van der Waals surface area contributed by atoms with E-state index in [1.807, 2.05) is 24.3 Å². The maximum Gasteiger partial charge on any atom is 0.123 e. The predicted molar refractivity (Wildman–Crippen MR) is 101 cm³/mol. The van der Waals surface area contributed by atoms with Gasteiger partial charge in [-0.2, -0.15) is 0 Å². The molecule has 2 aromatic rings. The van der Waals surface area contributed by atoms with Crippen molar-refractivity contribution in [2.45, 2.75) is 50.1 Å². The van der Waals surface area contributed by atoms with E-state index < -0.39 is 0 Å². The fourth-order valence-corrected chi connectivity index (χ4v) is 5.37. The molecule has 2 atom stereocenters. The van der Waals surface area contributed by atoms with Crippen molar-refractivity contribution in [3.8, 4) is 0 Å². The molecule has 4 rings (SSSR count). The summed E-state index contributed by atoms with van der Waals surface area (Å²) in [6.45, 7) is 0. The van der Waals surface area contributed by atoms with E-state index in [4.69, 9.17) is 0 Å². The Kier molecular flexibility index (Phi) is 4.60. The third-order valence-electron chi connectivity index (χ3n) is 7.04. The molecule has 0 aliphatic carbocycles. The normalized spacial score (nSPS) is 27.0. The van der Waals surface area contributed by atoms with Crippen LogP contribution in [-0.4, -0.2) is 30.7 Å². The fourth-order valence-electron chi connectivity index (χ4n) is 5.37. The Morgan fingerprint density at radius 2 is 1.23 bits per heavy atom. The quantitative estimate of drug-likeness (QED) is 0.634. The van der Waals surface area contributed by atoms with E-state index in [0.29, 0.717) is 5.92 Å². The van der Waals surface area contributed by atoms with Crippen molar-refractivity contribution < 1.29 is 13.3 Å². The second-order valence-corrected chi connectivity index (χ2v) is 8.74. The molecule has 0 aromatic heterocycles.